The van der Waals surface area contributed by atoms with E-state index in [-0.39, 0.29) is 11.3 Å². The van der Waals surface area contributed by atoms with E-state index in [9.17, 15) is 5.21 Å². The monoisotopic (exact) mass is 400 g/mol. The lowest BCUT2D eigenvalue weighted by molar-refractivity contribution is -0.344. The lowest BCUT2D eigenvalue weighted by Gasteiger charge is -2.31. The molecule has 5 nitrogen and oxygen atoms in total. The van der Waals surface area contributed by atoms with Crippen LogP contribution in [0.25, 0.3) is 0 Å². The normalized spacial score (nSPS) is 14.4. The lowest BCUT2D eigenvalue weighted by atomic mass is 10.1. The van der Waals surface area contributed by atoms with Crippen molar-refractivity contribution in [2.45, 2.75) is 129 Å². The van der Waals surface area contributed by atoms with Gasteiger partial charge in [0.2, 0.25) is 0 Å². The Kier molecular flexibility index (Phi) is 19.5. The first-order valence-corrected chi connectivity index (χ1v) is 11.8. The Balaban J connectivity index is 3.46. The van der Waals surface area contributed by atoms with Crippen LogP contribution in [-0.4, -0.2) is 44.5 Å². The van der Waals surface area contributed by atoms with Gasteiger partial charge in [-0.25, -0.2) is 0 Å². The van der Waals surface area contributed by atoms with Crippen LogP contribution in [0.4, 0.5) is 0 Å². The average molecular weight is 401 g/mol. The topological polar surface area (TPSA) is 67.2 Å². The van der Waals surface area contributed by atoms with Crippen LogP contribution in [0.15, 0.2) is 12.2 Å². The largest absolute Gasteiger partial charge is 0.314 e. The molecule has 0 heterocycles. The average Bonchev–Trinajstić information content (AvgIpc) is 2.68. The molecule has 0 aromatic rings. The molecule has 0 saturated carbocycles. The summed E-state index contributed by atoms with van der Waals surface area (Å²) in [5, 5.41) is 29.8. The molecule has 0 aromatic carbocycles. The smallest absolute Gasteiger partial charge is 0.0773 e. The Morgan fingerprint density at radius 2 is 1.14 bits per heavy atom. The van der Waals surface area contributed by atoms with E-state index in [1.165, 1.54) is 82.1 Å². The molecule has 3 N–H and O–H groups in total. The number of unbranched alkanes of at least 4 members (excludes halogenated alkanes) is 12. The van der Waals surface area contributed by atoms with Crippen LogP contribution in [0.5, 0.6) is 0 Å². The first kappa shape index (κ1) is 27.5. The van der Waals surface area contributed by atoms with Crippen molar-refractivity contribution in [2.24, 2.45) is 0 Å². The molecule has 0 spiro atoms. The molecule has 0 rings (SSSR count). The summed E-state index contributed by atoms with van der Waals surface area (Å²) in [6, 6.07) is -0.776. The quantitative estimate of drug-likeness (QED) is 0.117. The van der Waals surface area contributed by atoms with Gasteiger partial charge >= 0.3 is 0 Å². The highest BCUT2D eigenvalue weighted by atomic mass is 16.8. The van der Waals surface area contributed by atoms with E-state index in [4.69, 9.17) is 10.4 Å². The number of hydroxylamine groups is 4. The third kappa shape index (κ3) is 15.5. The minimum Gasteiger partial charge on any atom is -0.314 e. The second-order valence-electron chi connectivity index (χ2n) is 8.14. The van der Waals surface area contributed by atoms with Crippen LogP contribution in [0.1, 0.15) is 117 Å². The van der Waals surface area contributed by atoms with Gasteiger partial charge in [0.1, 0.15) is 0 Å². The van der Waals surface area contributed by atoms with Crippen LogP contribution in [0, 0.1) is 0 Å². The Labute approximate surface area is 174 Å². The highest BCUT2D eigenvalue weighted by molar-refractivity contribution is 4.81. The number of hydrogen-bond acceptors (Lipinski definition) is 5. The van der Waals surface area contributed by atoms with Crippen molar-refractivity contribution in [3.8, 4) is 0 Å². The predicted molar refractivity (Wildman–Crippen MR) is 117 cm³/mol. The minimum absolute atomic E-state index is 0.194. The van der Waals surface area contributed by atoms with Gasteiger partial charge in [-0.1, -0.05) is 89.0 Å². The highest BCUT2D eigenvalue weighted by Crippen LogP contribution is 2.13. The zero-order valence-electron chi connectivity index (χ0n) is 18.9. The van der Waals surface area contributed by atoms with Crippen LogP contribution < -0.4 is 0 Å². The molecule has 0 aliphatic heterocycles. The third-order valence-electron chi connectivity index (χ3n) is 5.62. The van der Waals surface area contributed by atoms with E-state index < -0.39 is 6.04 Å². The number of allylic oxidation sites excluding steroid dienone is 2. The van der Waals surface area contributed by atoms with Crippen molar-refractivity contribution in [3.05, 3.63) is 12.2 Å². The lowest BCUT2D eigenvalue weighted by Crippen LogP contribution is -2.47. The maximum atomic E-state index is 10.1. The molecule has 0 saturated heterocycles. The van der Waals surface area contributed by atoms with Gasteiger partial charge in [-0.2, -0.15) is 5.06 Å². The zero-order valence-corrected chi connectivity index (χ0v) is 18.9. The van der Waals surface area contributed by atoms with Crippen molar-refractivity contribution >= 4 is 0 Å². The minimum atomic E-state index is -0.510. The summed E-state index contributed by atoms with van der Waals surface area (Å²) in [5.74, 6) is 0. The Morgan fingerprint density at radius 3 is 1.61 bits per heavy atom. The molecule has 28 heavy (non-hydrogen) atoms. The molecule has 2 unspecified atom stereocenters. The first-order valence-electron chi connectivity index (χ1n) is 11.8. The van der Waals surface area contributed by atoms with Crippen molar-refractivity contribution in [3.63, 3.8) is 0 Å². The van der Waals surface area contributed by atoms with Crippen LogP contribution in [-0.2, 0) is 0 Å². The van der Waals surface area contributed by atoms with E-state index in [0.29, 0.717) is 13.0 Å². The fourth-order valence-electron chi connectivity index (χ4n) is 3.64. The van der Waals surface area contributed by atoms with Crippen molar-refractivity contribution in [1.29, 1.82) is 0 Å². The first-order chi connectivity index (χ1) is 13.5. The van der Waals surface area contributed by atoms with Gasteiger partial charge in [0.15, 0.2) is 0 Å². The van der Waals surface area contributed by atoms with Crippen LogP contribution >= 0.6 is 0 Å². The molecular weight excluding hydrogens is 352 g/mol. The van der Waals surface area contributed by atoms with Crippen molar-refractivity contribution in [1.82, 2.24) is 10.3 Å². The summed E-state index contributed by atoms with van der Waals surface area (Å²) in [7, 11) is 0. The molecule has 0 radical (unpaired) electrons. The van der Waals surface area contributed by atoms with E-state index in [0.717, 1.165) is 12.8 Å². The van der Waals surface area contributed by atoms with Gasteiger partial charge in [0.05, 0.1) is 12.1 Å². The fourth-order valence-corrected chi connectivity index (χ4v) is 3.64. The predicted octanol–water partition coefficient (Wildman–Crippen LogP) is 6.96. The second kappa shape index (κ2) is 19.8. The van der Waals surface area contributed by atoms with Gasteiger partial charge < -0.3 is 5.21 Å². The van der Waals surface area contributed by atoms with E-state index in [1.807, 2.05) is 6.92 Å². The number of nitrogens with zero attached hydrogens (tertiary/aromatic N) is 2. The maximum Gasteiger partial charge on any atom is 0.0773 e. The van der Waals surface area contributed by atoms with E-state index in [1.54, 1.807) is 6.92 Å². The summed E-state index contributed by atoms with van der Waals surface area (Å²) < 4.78 is 0. The van der Waals surface area contributed by atoms with Gasteiger partial charge in [-0.05, 0) is 45.4 Å². The fraction of sp³-hybridized carbons (Fsp3) is 0.913. The van der Waals surface area contributed by atoms with Crippen molar-refractivity contribution < 1.29 is 15.6 Å². The molecular formula is C23H48N2O3. The molecule has 168 valence electrons. The maximum absolute atomic E-state index is 10.1. The highest BCUT2D eigenvalue weighted by Gasteiger charge is 2.25. The summed E-state index contributed by atoms with van der Waals surface area (Å²) in [4.78, 5) is 0. The molecule has 0 aromatic heterocycles. The Hall–Kier alpha value is -0.460. The summed E-state index contributed by atoms with van der Waals surface area (Å²) >= 11 is 0. The standard InChI is InChI=1S/C23H48N2O3/c1-4-6-7-8-9-10-11-12-13-14-15-16-17-18-19-20-21-24(26)23(5-2)22(3)25(27)28/h12-13,22-23,26-28H,4-11,14-21H2,1-3H3/b13-12-. The summed E-state index contributed by atoms with van der Waals surface area (Å²) in [5.41, 5.74) is 0. The number of hydrogen-bond donors (Lipinski definition) is 3. The molecule has 0 bridgehead atoms. The molecule has 5 heteroatoms. The number of rotatable bonds is 20. The molecule has 0 aliphatic carbocycles. The van der Waals surface area contributed by atoms with E-state index >= 15 is 0 Å². The van der Waals surface area contributed by atoms with Gasteiger partial charge in [0, 0.05) is 6.54 Å². The van der Waals surface area contributed by atoms with Gasteiger partial charge in [-0.3, -0.25) is 10.4 Å². The van der Waals surface area contributed by atoms with Crippen molar-refractivity contribution in [2.75, 3.05) is 6.54 Å². The summed E-state index contributed by atoms with van der Waals surface area (Å²) in [6.45, 7) is 6.48. The third-order valence-corrected chi connectivity index (χ3v) is 5.62. The molecule has 2 atom stereocenters. The molecule has 0 amide bonds. The Bertz CT molecular complexity index is 351. The van der Waals surface area contributed by atoms with Gasteiger partial charge in [-0.15, -0.1) is 0 Å². The van der Waals surface area contributed by atoms with Crippen LogP contribution in [0.3, 0.4) is 0 Å². The second-order valence-corrected chi connectivity index (χ2v) is 8.14. The molecule has 0 aliphatic rings. The summed E-state index contributed by atoms with van der Waals surface area (Å²) in [6.07, 6.45) is 23.1. The van der Waals surface area contributed by atoms with Crippen LogP contribution in [0.2, 0.25) is 0 Å². The van der Waals surface area contributed by atoms with E-state index in [2.05, 4.69) is 19.1 Å². The Morgan fingerprint density at radius 1 is 0.679 bits per heavy atom. The zero-order chi connectivity index (χ0) is 21.0. The SMILES string of the molecule is CCCCCCCC/C=C\CCCCCCCCN(O)C(CC)C(C)N(O)O. The van der Waals surface area contributed by atoms with Gasteiger partial charge in [0.25, 0.3) is 0 Å². The molecule has 0 fully saturated rings.